The van der Waals surface area contributed by atoms with Gasteiger partial charge in [0.05, 0.1) is 11.7 Å². The van der Waals surface area contributed by atoms with E-state index in [4.69, 9.17) is 0 Å². The molecule has 1 aliphatic carbocycles. The van der Waals surface area contributed by atoms with E-state index >= 15 is 0 Å². The molecular weight excluding hydrogens is 246 g/mol. The van der Waals surface area contributed by atoms with Crippen molar-refractivity contribution in [2.75, 3.05) is 0 Å². The van der Waals surface area contributed by atoms with E-state index < -0.39 is 17.4 Å². The number of fused-ring (bicyclic) bond motifs is 1. The number of pyridine rings is 1. The molecule has 0 aliphatic heterocycles. The number of rotatable bonds is 3. The second-order valence-electron chi connectivity index (χ2n) is 4.77. The van der Waals surface area contributed by atoms with E-state index in [2.05, 4.69) is 10.4 Å². The topological polar surface area (TPSA) is 83.7 Å². The fourth-order valence-electron chi connectivity index (χ4n) is 2.33. The lowest BCUT2D eigenvalue weighted by Crippen LogP contribution is -2.59. The van der Waals surface area contributed by atoms with E-state index in [1.165, 1.54) is 4.52 Å². The smallest absolute Gasteiger partial charge is 0.329 e. The molecule has 0 bridgehead atoms. The molecule has 98 valence electrons. The summed E-state index contributed by atoms with van der Waals surface area (Å²) in [7, 11) is 0. The van der Waals surface area contributed by atoms with Gasteiger partial charge >= 0.3 is 5.97 Å². The third kappa shape index (κ3) is 1.76. The predicted octanol–water partition coefficient (Wildman–Crippen LogP) is 1.07. The Morgan fingerprint density at radius 2 is 2.11 bits per heavy atom. The standard InChI is InChI=1S/C13H13N3O3/c17-11(15-13(12(18)19)6-2-7-13)10-4-1-3-9-5-8-14-16(9)10/h1,3-5,8H,2,6-7H2,(H,15,17)(H,18,19). The molecule has 2 aromatic heterocycles. The van der Waals surface area contributed by atoms with Crippen molar-refractivity contribution in [3.8, 4) is 0 Å². The maximum atomic E-state index is 12.2. The van der Waals surface area contributed by atoms with Crippen molar-refractivity contribution in [3.63, 3.8) is 0 Å². The summed E-state index contributed by atoms with van der Waals surface area (Å²) in [5.41, 5.74) is 0.0347. The number of nitrogens with one attached hydrogen (secondary N) is 1. The summed E-state index contributed by atoms with van der Waals surface area (Å²) in [5, 5.41) is 15.9. The molecule has 0 atom stereocenters. The van der Waals surface area contributed by atoms with Gasteiger partial charge < -0.3 is 10.4 Å². The summed E-state index contributed by atoms with van der Waals surface area (Å²) in [6.45, 7) is 0. The van der Waals surface area contributed by atoms with Gasteiger partial charge in [0.15, 0.2) is 0 Å². The van der Waals surface area contributed by atoms with E-state index in [0.717, 1.165) is 11.9 Å². The largest absolute Gasteiger partial charge is 0.480 e. The molecule has 0 unspecified atom stereocenters. The molecule has 3 rings (SSSR count). The van der Waals surface area contributed by atoms with Crippen molar-refractivity contribution in [1.29, 1.82) is 0 Å². The van der Waals surface area contributed by atoms with Crippen molar-refractivity contribution in [1.82, 2.24) is 14.9 Å². The number of aliphatic carboxylic acids is 1. The highest BCUT2D eigenvalue weighted by atomic mass is 16.4. The minimum absolute atomic E-state index is 0.343. The van der Waals surface area contributed by atoms with E-state index in [9.17, 15) is 14.7 Å². The van der Waals surface area contributed by atoms with Gasteiger partial charge in [-0.05, 0) is 37.5 Å². The fourth-order valence-corrected chi connectivity index (χ4v) is 2.33. The van der Waals surface area contributed by atoms with E-state index in [0.29, 0.717) is 18.5 Å². The van der Waals surface area contributed by atoms with Crippen LogP contribution < -0.4 is 5.32 Å². The summed E-state index contributed by atoms with van der Waals surface area (Å²) in [6.07, 6.45) is 3.37. The van der Waals surface area contributed by atoms with Gasteiger partial charge in [-0.1, -0.05) is 6.07 Å². The third-order valence-corrected chi connectivity index (χ3v) is 3.62. The molecule has 0 saturated heterocycles. The molecule has 1 aliphatic rings. The molecule has 6 heteroatoms. The van der Waals surface area contributed by atoms with Crippen LogP contribution in [0.3, 0.4) is 0 Å². The first-order valence-corrected chi connectivity index (χ1v) is 6.11. The van der Waals surface area contributed by atoms with Crippen LogP contribution in [0.5, 0.6) is 0 Å². The first-order valence-electron chi connectivity index (χ1n) is 6.11. The van der Waals surface area contributed by atoms with Crippen molar-refractivity contribution in [3.05, 3.63) is 36.2 Å². The number of carbonyl (C=O) groups excluding carboxylic acids is 1. The quantitative estimate of drug-likeness (QED) is 0.863. The van der Waals surface area contributed by atoms with Gasteiger partial charge in [0.1, 0.15) is 11.2 Å². The molecule has 1 fully saturated rings. The summed E-state index contributed by atoms with van der Waals surface area (Å²) in [5.74, 6) is -1.38. The van der Waals surface area contributed by atoms with Gasteiger partial charge in [0, 0.05) is 0 Å². The van der Waals surface area contributed by atoms with Crippen molar-refractivity contribution < 1.29 is 14.7 Å². The summed E-state index contributed by atoms with van der Waals surface area (Å²) < 4.78 is 1.50. The average molecular weight is 259 g/mol. The Labute approximate surface area is 109 Å². The highest BCUT2D eigenvalue weighted by Gasteiger charge is 2.46. The molecular formula is C13H13N3O3. The Kier molecular flexibility index (Phi) is 2.51. The molecule has 1 saturated carbocycles. The van der Waals surface area contributed by atoms with Crippen LogP contribution in [0.1, 0.15) is 29.8 Å². The minimum Gasteiger partial charge on any atom is -0.480 e. The number of carboxylic acid groups (broad SMARTS) is 1. The van der Waals surface area contributed by atoms with Crippen LogP contribution in [0.15, 0.2) is 30.5 Å². The van der Waals surface area contributed by atoms with Crippen molar-refractivity contribution >= 4 is 17.4 Å². The first kappa shape index (κ1) is 11.7. The molecule has 2 heterocycles. The lowest BCUT2D eigenvalue weighted by atomic mass is 9.76. The molecule has 0 spiro atoms. The van der Waals surface area contributed by atoms with Gasteiger partial charge in [-0.3, -0.25) is 4.79 Å². The first-order chi connectivity index (χ1) is 9.12. The molecule has 0 radical (unpaired) electrons. The Morgan fingerprint density at radius 1 is 1.32 bits per heavy atom. The molecule has 1 amide bonds. The van der Waals surface area contributed by atoms with E-state index in [-0.39, 0.29) is 0 Å². The third-order valence-electron chi connectivity index (χ3n) is 3.62. The molecule has 2 N–H and O–H groups in total. The van der Waals surface area contributed by atoms with Crippen molar-refractivity contribution in [2.24, 2.45) is 0 Å². The second kappa shape index (κ2) is 4.08. The highest BCUT2D eigenvalue weighted by Crippen LogP contribution is 2.32. The number of carboxylic acids is 1. The lowest BCUT2D eigenvalue weighted by Gasteiger charge is -2.38. The minimum atomic E-state index is -1.10. The molecule has 19 heavy (non-hydrogen) atoms. The summed E-state index contributed by atoms with van der Waals surface area (Å²) in [4.78, 5) is 23.5. The number of hydrogen-bond donors (Lipinski definition) is 2. The monoisotopic (exact) mass is 259 g/mol. The summed E-state index contributed by atoms with van der Waals surface area (Å²) >= 11 is 0. The zero-order chi connectivity index (χ0) is 13.5. The number of carbonyl (C=O) groups is 2. The van der Waals surface area contributed by atoms with Crippen LogP contribution >= 0.6 is 0 Å². The van der Waals surface area contributed by atoms with Gasteiger partial charge in [0.2, 0.25) is 0 Å². The van der Waals surface area contributed by atoms with Gasteiger partial charge in [-0.2, -0.15) is 5.10 Å². The van der Waals surface area contributed by atoms with Crippen LogP contribution in [0.4, 0.5) is 0 Å². The maximum absolute atomic E-state index is 12.2. The zero-order valence-electron chi connectivity index (χ0n) is 10.2. The zero-order valence-corrected chi connectivity index (χ0v) is 10.2. The maximum Gasteiger partial charge on any atom is 0.329 e. The Balaban J connectivity index is 1.92. The molecule has 2 aromatic rings. The fraction of sp³-hybridized carbons (Fsp3) is 0.308. The van der Waals surface area contributed by atoms with E-state index in [1.54, 1.807) is 24.4 Å². The number of amides is 1. The Hall–Kier alpha value is -2.37. The molecule has 0 aromatic carbocycles. The van der Waals surface area contributed by atoms with E-state index in [1.807, 2.05) is 6.07 Å². The van der Waals surface area contributed by atoms with Crippen LogP contribution in [0, 0.1) is 0 Å². The highest BCUT2D eigenvalue weighted by molar-refractivity contribution is 5.97. The Morgan fingerprint density at radius 3 is 2.74 bits per heavy atom. The second-order valence-corrected chi connectivity index (χ2v) is 4.77. The molecule has 6 nitrogen and oxygen atoms in total. The van der Waals surface area contributed by atoms with Crippen LogP contribution in [0.25, 0.3) is 5.52 Å². The SMILES string of the molecule is O=C(NC1(C(=O)O)CCC1)c1cccc2ccnn12. The normalized spacial score (nSPS) is 16.8. The average Bonchev–Trinajstić information content (AvgIpc) is 2.80. The summed E-state index contributed by atoms with van der Waals surface area (Å²) in [6, 6.07) is 7.00. The number of aromatic nitrogens is 2. The predicted molar refractivity (Wildman–Crippen MR) is 66.9 cm³/mol. The lowest BCUT2D eigenvalue weighted by molar-refractivity contribution is -0.148. The van der Waals surface area contributed by atoms with Crippen LogP contribution in [-0.4, -0.2) is 32.1 Å². The van der Waals surface area contributed by atoms with Gasteiger partial charge in [0.25, 0.3) is 5.91 Å². The van der Waals surface area contributed by atoms with Crippen molar-refractivity contribution in [2.45, 2.75) is 24.8 Å². The van der Waals surface area contributed by atoms with Crippen LogP contribution in [-0.2, 0) is 4.79 Å². The van der Waals surface area contributed by atoms with Crippen LogP contribution in [0.2, 0.25) is 0 Å². The van der Waals surface area contributed by atoms with Gasteiger partial charge in [-0.25, -0.2) is 9.31 Å². The number of nitrogens with zero attached hydrogens (tertiary/aromatic N) is 2. The number of hydrogen-bond acceptors (Lipinski definition) is 3. The Bertz CT molecular complexity index is 658. The van der Waals surface area contributed by atoms with Gasteiger partial charge in [-0.15, -0.1) is 0 Å².